The Morgan fingerprint density at radius 3 is 2.03 bits per heavy atom. The zero-order chi connectivity index (χ0) is 21.0. The van der Waals surface area contributed by atoms with E-state index < -0.39 is 19.1 Å². The van der Waals surface area contributed by atoms with Gasteiger partial charge in [-0.25, -0.2) is 4.21 Å². The second-order valence-corrected chi connectivity index (χ2v) is 14.4. The molecular formula is C25H30O2SSi. The van der Waals surface area contributed by atoms with E-state index in [1.165, 1.54) is 11.1 Å². The first kappa shape index (κ1) is 21.7. The van der Waals surface area contributed by atoms with Crippen LogP contribution in [0.5, 0.6) is 0 Å². The molecule has 0 saturated carbocycles. The molecule has 152 valence electrons. The summed E-state index contributed by atoms with van der Waals surface area (Å²) in [5, 5.41) is 0. The molecule has 1 unspecified atom stereocenters. The summed E-state index contributed by atoms with van der Waals surface area (Å²) in [7, 11) is -3.02. The minimum atomic E-state index is -1.79. The van der Waals surface area contributed by atoms with E-state index in [9.17, 15) is 4.21 Å². The van der Waals surface area contributed by atoms with Gasteiger partial charge in [-0.3, -0.25) is 0 Å². The van der Waals surface area contributed by atoms with Gasteiger partial charge in [0.2, 0.25) is 0 Å². The summed E-state index contributed by atoms with van der Waals surface area (Å²) >= 11 is 0. The molecule has 29 heavy (non-hydrogen) atoms. The molecule has 0 aliphatic rings. The Morgan fingerprint density at radius 2 is 1.41 bits per heavy atom. The third-order valence-electron chi connectivity index (χ3n) is 4.91. The highest BCUT2D eigenvalue weighted by molar-refractivity contribution is 7.85. The van der Waals surface area contributed by atoms with Crippen LogP contribution in [-0.4, -0.2) is 12.5 Å². The van der Waals surface area contributed by atoms with E-state index >= 15 is 0 Å². The van der Waals surface area contributed by atoms with Crippen LogP contribution in [0.4, 0.5) is 0 Å². The van der Waals surface area contributed by atoms with Gasteiger partial charge >= 0.3 is 0 Å². The molecule has 0 amide bonds. The monoisotopic (exact) mass is 422 g/mol. The average Bonchev–Trinajstić information content (AvgIpc) is 2.71. The molecule has 0 aromatic heterocycles. The summed E-state index contributed by atoms with van der Waals surface area (Å²) in [6, 6.07) is 26.4. The maximum absolute atomic E-state index is 13.4. The number of hydrogen-bond donors (Lipinski definition) is 0. The number of rotatable bonds is 7. The Labute approximate surface area is 178 Å². The predicted molar refractivity (Wildman–Crippen MR) is 124 cm³/mol. The standard InChI is InChI=1S/C25H30O2SSi/c1-19-15-17-22(18-16-19)28(26)24-14-10-9-13-23(24)20(2)25(27-29(3,4)5)21-11-7-6-8-12-21/h6-18,20,25H,1-5H3/t20-,25-,28?/m0/s1. The van der Waals surface area contributed by atoms with Crippen LogP contribution in [-0.2, 0) is 15.2 Å². The van der Waals surface area contributed by atoms with Crippen LogP contribution in [0.3, 0.4) is 0 Å². The lowest BCUT2D eigenvalue weighted by atomic mass is 9.91. The minimum Gasteiger partial charge on any atom is -0.410 e. The van der Waals surface area contributed by atoms with E-state index in [1.54, 1.807) is 0 Å². The van der Waals surface area contributed by atoms with E-state index in [0.717, 1.165) is 15.4 Å². The number of hydrogen-bond acceptors (Lipinski definition) is 2. The van der Waals surface area contributed by atoms with Crippen LogP contribution in [0.25, 0.3) is 0 Å². The van der Waals surface area contributed by atoms with Crippen molar-refractivity contribution in [2.45, 2.75) is 55.3 Å². The van der Waals surface area contributed by atoms with Gasteiger partial charge < -0.3 is 4.43 Å². The lowest BCUT2D eigenvalue weighted by Crippen LogP contribution is -2.30. The van der Waals surface area contributed by atoms with E-state index in [1.807, 2.05) is 55.5 Å². The van der Waals surface area contributed by atoms with E-state index in [-0.39, 0.29) is 12.0 Å². The molecule has 0 bridgehead atoms. The van der Waals surface area contributed by atoms with Crippen molar-refractivity contribution >= 4 is 19.1 Å². The largest absolute Gasteiger partial charge is 0.410 e. The normalized spacial score (nSPS) is 14.9. The highest BCUT2D eigenvalue weighted by Crippen LogP contribution is 2.38. The predicted octanol–water partition coefficient (Wildman–Crippen LogP) is 6.86. The van der Waals surface area contributed by atoms with Crippen molar-refractivity contribution in [3.8, 4) is 0 Å². The number of aryl methyl sites for hydroxylation is 1. The first-order valence-corrected chi connectivity index (χ1v) is 14.6. The van der Waals surface area contributed by atoms with Crippen molar-refractivity contribution in [1.82, 2.24) is 0 Å². The second-order valence-electron chi connectivity index (χ2n) is 8.47. The smallest absolute Gasteiger partial charge is 0.184 e. The van der Waals surface area contributed by atoms with Gasteiger partial charge in [0.1, 0.15) is 0 Å². The van der Waals surface area contributed by atoms with Crippen molar-refractivity contribution in [2.75, 3.05) is 0 Å². The van der Waals surface area contributed by atoms with Crippen molar-refractivity contribution in [3.05, 3.63) is 95.6 Å². The molecule has 3 rings (SSSR count). The first-order chi connectivity index (χ1) is 13.8. The fraction of sp³-hybridized carbons (Fsp3) is 0.280. The van der Waals surface area contributed by atoms with Gasteiger partial charge in [0.05, 0.1) is 16.9 Å². The van der Waals surface area contributed by atoms with E-state index in [0.29, 0.717) is 0 Å². The molecule has 0 spiro atoms. The molecule has 0 N–H and O–H groups in total. The molecule has 3 aromatic carbocycles. The Bertz CT molecular complexity index is 962. The Hall–Kier alpha value is -2.01. The molecular weight excluding hydrogens is 392 g/mol. The van der Waals surface area contributed by atoms with E-state index in [4.69, 9.17) is 4.43 Å². The molecule has 0 aliphatic carbocycles. The molecule has 0 heterocycles. The maximum Gasteiger partial charge on any atom is 0.184 e. The van der Waals surface area contributed by atoms with Crippen LogP contribution in [0.2, 0.25) is 19.6 Å². The van der Waals surface area contributed by atoms with Crippen LogP contribution in [0.15, 0.2) is 88.7 Å². The zero-order valence-electron chi connectivity index (χ0n) is 17.9. The maximum atomic E-state index is 13.4. The van der Waals surface area contributed by atoms with Crippen LogP contribution < -0.4 is 0 Å². The third kappa shape index (κ3) is 5.53. The molecule has 0 fully saturated rings. The SMILES string of the molecule is Cc1ccc(S(=O)c2ccccc2[C@H](C)[C@H](O[Si](C)(C)C)c2ccccc2)cc1. The fourth-order valence-electron chi connectivity index (χ4n) is 3.46. The molecule has 0 saturated heterocycles. The third-order valence-corrected chi connectivity index (χ3v) is 7.34. The lowest BCUT2D eigenvalue weighted by molar-refractivity contribution is 0.170. The average molecular weight is 423 g/mol. The van der Waals surface area contributed by atoms with Crippen molar-refractivity contribution in [3.63, 3.8) is 0 Å². The Kier molecular flexibility index (Phi) is 6.88. The van der Waals surface area contributed by atoms with Crippen LogP contribution >= 0.6 is 0 Å². The first-order valence-electron chi connectivity index (χ1n) is 10.1. The Balaban J connectivity index is 2.02. The minimum absolute atomic E-state index is 0.0703. The van der Waals surface area contributed by atoms with Gasteiger partial charge in [-0.1, -0.05) is 73.2 Å². The van der Waals surface area contributed by atoms with E-state index in [2.05, 4.69) is 56.9 Å². The highest BCUT2D eigenvalue weighted by Gasteiger charge is 2.29. The molecule has 0 aliphatic heterocycles. The molecule has 3 aromatic rings. The van der Waals surface area contributed by atoms with Gasteiger partial charge in [0.15, 0.2) is 8.32 Å². The summed E-state index contributed by atoms with van der Waals surface area (Å²) in [6.07, 6.45) is -0.0703. The molecule has 2 nitrogen and oxygen atoms in total. The van der Waals surface area contributed by atoms with Crippen molar-refractivity contribution < 1.29 is 8.63 Å². The Morgan fingerprint density at radius 1 is 0.828 bits per heavy atom. The van der Waals surface area contributed by atoms with Gasteiger partial charge in [0, 0.05) is 15.7 Å². The van der Waals surface area contributed by atoms with Gasteiger partial charge in [0.25, 0.3) is 0 Å². The fourth-order valence-corrected chi connectivity index (χ4v) is 5.87. The topological polar surface area (TPSA) is 26.3 Å². The summed E-state index contributed by atoms with van der Waals surface area (Å²) in [6.45, 7) is 10.9. The zero-order valence-corrected chi connectivity index (χ0v) is 19.7. The van der Waals surface area contributed by atoms with Gasteiger partial charge in [-0.05, 0) is 55.9 Å². The van der Waals surface area contributed by atoms with Gasteiger partial charge in [-0.2, -0.15) is 0 Å². The molecule has 4 heteroatoms. The number of benzene rings is 3. The van der Waals surface area contributed by atoms with Crippen molar-refractivity contribution in [1.29, 1.82) is 0 Å². The van der Waals surface area contributed by atoms with Crippen molar-refractivity contribution in [2.24, 2.45) is 0 Å². The summed E-state index contributed by atoms with van der Waals surface area (Å²) < 4.78 is 20.0. The highest BCUT2D eigenvalue weighted by atomic mass is 32.2. The quantitative estimate of drug-likeness (QED) is 0.389. The van der Waals surface area contributed by atoms with Crippen LogP contribution in [0, 0.1) is 6.92 Å². The van der Waals surface area contributed by atoms with Crippen LogP contribution in [0.1, 0.15) is 35.6 Å². The summed E-state index contributed by atoms with van der Waals surface area (Å²) in [4.78, 5) is 1.70. The summed E-state index contributed by atoms with van der Waals surface area (Å²) in [5.41, 5.74) is 3.41. The second kappa shape index (κ2) is 9.20. The summed E-state index contributed by atoms with van der Waals surface area (Å²) in [5.74, 6) is 0.0784. The molecule has 3 atom stereocenters. The lowest BCUT2D eigenvalue weighted by Gasteiger charge is -2.32. The molecule has 0 radical (unpaired) electrons. The van der Waals surface area contributed by atoms with Gasteiger partial charge in [-0.15, -0.1) is 0 Å².